The van der Waals surface area contributed by atoms with Gasteiger partial charge in [-0.1, -0.05) is 11.6 Å². The quantitative estimate of drug-likeness (QED) is 0.887. The van der Waals surface area contributed by atoms with Crippen LogP contribution in [0.15, 0.2) is 11.0 Å². The Bertz CT molecular complexity index is 496. The second kappa shape index (κ2) is 5.86. The van der Waals surface area contributed by atoms with Gasteiger partial charge < -0.3 is 10.2 Å². The van der Waals surface area contributed by atoms with Crippen LogP contribution in [0.1, 0.15) is 19.9 Å². The Hall–Kier alpha value is -1.56. The van der Waals surface area contributed by atoms with Gasteiger partial charge in [-0.25, -0.2) is 4.68 Å². The first kappa shape index (κ1) is 14.5. The fraction of sp³-hybridized carbons (Fsp3) is 0.545. The summed E-state index contributed by atoms with van der Waals surface area (Å²) in [7, 11) is 3.31. The summed E-state index contributed by atoms with van der Waals surface area (Å²) >= 11 is 5.94. The van der Waals surface area contributed by atoms with Crippen LogP contribution < -0.4 is 10.9 Å². The molecule has 0 bridgehead atoms. The van der Waals surface area contributed by atoms with Crippen molar-refractivity contribution in [1.82, 2.24) is 14.7 Å². The monoisotopic (exact) mass is 272 g/mol. The van der Waals surface area contributed by atoms with E-state index in [0.717, 1.165) is 0 Å². The van der Waals surface area contributed by atoms with Gasteiger partial charge in [-0.2, -0.15) is 5.10 Å². The van der Waals surface area contributed by atoms with E-state index in [1.54, 1.807) is 14.1 Å². The van der Waals surface area contributed by atoms with E-state index in [2.05, 4.69) is 10.4 Å². The molecule has 0 aromatic carbocycles. The van der Waals surface area contributed by atoms with E-state index in [0.29, 0.717) is 5.69 Å². The van der Waals surface area contributed by atoms with Crippen molar-refractivity contribution in [3.8, 4) is 0 Å². The van der Waals surface area contributed by atoms with Gasteiger partial charge in [0, 0.05) is 14.1 Å². The lowest BCUT2D eigenvalue weighted by molar-refractivity contribution is -0.126. The average molecular weight is 273 g/mol. The van der Waals surface area contributed by atoms with Crippen LogP contribution in [-0.4, -0.2) is 41.2 Å². The Labute approximate surface area is 111 Å². The lowest BCUT2D eigenvalue weighted by Gasteiger charge is -2.14. The molecule has 1 N–H and O–H groups in total. The Morgan fingerprint density at radius 2 is 2.17 bits per heavy atom. The predicted octanol–water partition coefficient (Wildman–Crippen LogP) is 0.978. The summed E-state index contributed by atoms with van der Waals surface area (Å²) in [5, 5.41) is 6.84. The maximum atomic E-state index is 11.8. The number of rotatable bonds is 4. The molecule has 7 heteroatoms. The van der Waals surface area contributed by atoms with Crippen LogP contribution in [0.2, 0.25) is 5.02 Å². The highest BCUT2D eigenvalue weighted by Crippen LogP contribution is 2.15. The molecular weight excluding hydrogens is 256 g/mol. The topological polar surface area (TPSA) is 67.2 Å². The van der Waals surface area contributed by atoms with Crippen molar-refractivity contribution < 1.29 is 4.79 Å². The summed E-state index contributed by atoms with van der Waals surface area (Å²) < 4.78 is 1.29. The number of hydrogen-bond donors (Lipinski definition) is 1. The normalized spacial score (nSPS) is 10.6. The molecule has 6 nitrogen and oxygen atoms in total. The van der Waals surface area contributed by atoms with Gasteiger partial charge in [0.1, 0.15) is 5.02 Å². The van der Waals surface area contributed by atoms with Crippen molar-refractivity contribution in [2.45, 2.75) is 19.9 Å². The Kier molecular flexibility index (Phi) is 4.72. The fourth-order valence-electron chi connectivity index (χ4n) is 1.26. The maximum Gasteiger partial charge on any atom is 0.287 e. The van der Waals surface area contributed by atoms with Gasteiger partial charge in [0.2, 0.25) is 5.91 Å². The van der Waals surface area contributed by atoms with E-state index < -0.39 is 0 Å². The molecule has 0 radical (unpaired) electrons. The summed E-state index contributed by atoms with van der Waals surface area (Å²) in [6.45, 7) is 3.75. The Balaban J connectivity index is 2.90. The van der Waals surface area contributed by atoms with Crippen LogP contribution >= 0.6 is 11.6 Å². The minimum absolute atomic E-state index is 0.0465. The molecule has 0 saturated heterocycles. The van der Waals surface area contributed by atoms with Crippen LogP contribution in [0, 0.1) is 0 Å². The lowest BCUT2D eigenvalue weighted by atomic mass is 10.4. The van der Waals surface area contributed by atoms with Crippen LogP contribution in [0.3, 0.4) is 0 Å². The van der Waals surface area contributed by atoms with Gasteiger partial charge in [-0.15, -0.1) is 0 Å². The molecule has 100 valence electrons. The van der Waals surface area contributed by atoms with Crippen LogP contribution in [0.4, 0.5) is 5.69 Å². The fourth-order valence-corrected chi connectivity index (χ4v) is 1.47. The third-order valence-corrected chi connectivity index (χ3v) is 2.73. The molecule has 0 saturated carbocycles. The summed E-state index contributed by atoms with van der Waals surface area (Å²) in [6, 6.07) is -0.0625. The molecule has 0 aliphatic rings. The number of nitrogens with zero attached hydrogens (tertiary/aromatic N) is 3. The molecule has 1 amide bonds. The summed E-state index contributed by atoms with van der Waals surface area (Å²) in [6.07, 6.45) is 1.45. The smallest absolute Gasteiger partial charge is 0.287 e. The second-order valence-corrected chi connectivity index (χ2v) is 4.74. The maximum absolute atomic E-state index is 11.8. The molecule has 1 aromatic heterocycles. The van der Waals surface area contributed by atoms with Crippen LogP contribution in [-0.2, 0) is 4.79 Å². The highest BCUT2D eigenvalue weighted by Gasteiger charge is 2.12. The Morgan fingerprint density at radius 3 is 2.67 bits per heavy atom. The van der Waals surface area contributed by atoms with Gasteiger partial charge in [0.05, 0.1) is 24.5 Å². The lowest BCUT2D eigenvalue weighted by Crippen LogP contribution is -2.30. The van der Waals surface area contributed by atoms with E-state index in [-0.39, 0.29) is 29.1 Å². The number of amides is 1. The van der Waals surface area contributed by atoms with Crippen molar-refractivity contribution in [2.24, 2.45) is 0 Å². The van der Waals surface area contributed by atoms with Crippen molar-refractivity contribution in [3.05, 3.63) is 21.6 Å². The van der Waals surface area contributed by atoms with Gasteiger partial charge >= 0.3 is 0 Å². The highest BCUT2D eigenvalue weighted by molar-refractivity contribution is 6.33. The summed E-state index contributed by atoms with van der Waals surface area (Å²) in [4.78, 5) is 24.7. The molecule has 0 aliphatic heterocycles. The van der Waals surface area contributed by atoms with Crippen molar-refractivity contribution in [2.75, 3.05) is 26.0 Å². The molecule has 0 aliphatic carbocycles. The summed E-state index contributed by atoms with van der Waals surface area (Å²) in [5.74, 6) is -0.112. The number of hydrogen-bond acceptors (Lipinski definition) is 4. The first-order chi connectivity index (χ1) is 8.34. The average Bonchev–Trinajstić information content (AvgIpc) is 2.30. The molecule has 0 spiro atoms. The molecule has 1 rings (SSSR count). The van der Waals surface area contributed by atoms with E-state index in [9.17, 15) is 9.59 Å². The number of nitrogens with one attached hydrogen (secondary N) is 1. The second-order valence-electron chi connectivity index (χ2n) is 4.36. The number of likely N-dealkylation sites (N-methyl/N-ethyl adjacent to an activating group) is 1. The zero-order valence-corrected chi connectivity index (χ0v) is 11.7. The number of anilines is 1. The van der Waals surface area contributed by atoms with Crippen molar-refractivity contribution in [3.63, 3.8) is 0 Å². The zero-order chi connectivity index (χ0) is 13.9. The minimum atomic E-state index is -0.367. The molecule has 0 unspecified atom stereocenters. The van der Waals surface area contributed by atoms with E-state index in [4.69, 9.17) is 11.6 Å². The number of carbonyl (C=O) groups is 1. The highest BCUT2D eigenvalue weighted by atomic mass is 35.5. The summed E-state index contributed by atoms with van der Waals surface area (Å²) in [5.41, 5.74) is 0.00253. The molecular formula is C11H17ClN4O2. The third-order valence-electron chi connectivity index (χ3n) is 2.36. The number of halogens is 1. The van der Waals surface area contributed by atoms with Gasteiger partial charge in [0.25, 0.3) is 5.56 Å². The largest absolute Gasteiger partial charge is 0.373 e. The molecule has 1 aromatic rings. The standard InChI is InChI=1S/C11H17ClN4O2/c1-7(2)16-11(18)10(12)8(5-14-16)13-6-9(17)15(3)4/h5,7,13H,6H2,1-4H3. The van der Waals surface area contributed by atoms with E-state index in [1.165, 1.54) is 15.8 Å². The number of aromatic nitrogens is 2. The number of carbonyl (C=O) groups excluding carboxylic acids is 1. The Morgan fingerprint density at radius 1 is 1.56 bits per heavy atom. The predicted molar refractivity (Wildman–Crippen MR) is 71.1 cm³/mol. The van der Waals surface area contributed by atoms with E-state index in [1.807, 2.05) is 13.8 Å². The van der Waals surface area contributed by atoms with E-state index >= 15 is 0 Å². The van der Waals surface area contributed by atoms with Crippen LogP contribution in [0.5, 0.6) is 0 Å². The zero-order valence-electron chi connectivity index (χ0n) is 10.9. The van der Waals surface area contributed by atoms with Gasteiger partial charge in [-0.05, 0) is 13.8 Å². The third kappa shape index (κ3) is 3.22. The van der Waals surface area contributed by atoms with Gasteiger partial charge in [0.15, 0.2) is 0 Å². The van der Waals surface area contributed by atoms with Crippen molar-refractivity contribution >= 4 is 23.2 Å². The first-order valence-electron chi connectivity index (χ1n) is 5.56. The van der Waals surface area contributed by atoms with Crippen LogP contribution in [0.25, 0.3) is 0 Å². The molecule has 18 heavy (non-hydrogen) atoms. The first-order valence-corrected chi connectivity index (χ1v) is 5.93. The molecule has 0 fully saturated rings. The van der Waals surface area contributed by atoms with Gasteiger partial charge in [-0.3, -0.25) is 9.59 Å². The minimum Gasteiger partial charge on any atom is -0.373 e. The molecule has 0 atom stereocenters. The SMILES string of the molecule is CC(C)n1ncc(NCC(=O)N(C)C)c(Cl)c1=O. The van der Waals surface area contributed by atoms with Crippen molar-refractivity contribution in [1.29, 1.82) is 0 Å². The molecule has 1 heterocycles.